The van der Waals surface area contributed by atoms with E-state index in [1.165, 1.54) is 6.33 Å². The van der Waals surface area contributed by atoms with Crippen LogP contribution >= 0.6 is 0 Å². The number of benzene rings is 1. The van der Waals surface area contributed by atoms with Crippen molar-refractivity contribution in [1.29, 1.82) is 0 Å². The van der Waals surface area contributed by atoms with Crippen LogP contribution in [0.1, 0.15) is 5.69 Å². The van der Waals surface area contributed by atoms with Crippen LogP contribution in [0.5, 0.6) is 11.5 Å². The van der Waals surface area contributed by atoms with E-state index in [1.807, 2.05) is 31.2 Å². The third-order valence-electron chi connectivity index (χ3n) is 2.48. The maximum Gasteiger partial charge on any atom is 0.146 e. The molecule has 1 aromatic heterocycles. The predicted octanol–water partition coefficient (Wildman–Crippen LogP) is 2.55. The van der Waals surface area contributed by atoms with Crippen molar-refractivity contribution in [3.63, 3.8) is 0 Å². The second-order valence-corrected chi connectivity index (χ2v) is 3.74. The van der Waals surface area contributed by atoms with Gasteiger partial charge in [-0.1, -0.05) is 0 Å². The topological polar surface area (TPSA) is 56.3 Å². The van der Waals surface area contributed by atoms with Crippen molar-refractivity contribution < 1.29 is 9.47 Å². The van der Waals surface area contributed by atoms with Gasteiger partial charge in [-0.25, -0.2) is 9.97 Å². The standard InChI is InChI=1S/C13H15N3O2/c1-9-6-13(15-8-14-9)16-11-5-4-10(17-2)7-12(11)18-3/h4-8H,1-3H3,(H,14,15,16). The van der Waals surface area contributed by atoms with Gasteiger partial charge in [-0.3, -0.25) is 0 Å². The molecule has 0 aliphatic rings. The molecule has 0 spiro atoms. The average Bonchev–Trinajstić information content (AvgIpc) is 2.39. The molecule has 2 rings (SSSR count). The predicted molar refractivity (Wildman–Crippen MR) is 69.6 cm³/mol. The number of methoxy groups -OCH3 is 2. The molecule has 1 aromatic carbocycles. The molecular weight excluding hydrogens is 230 g/mol. The molecule has 0 bridgehead atoms. The van der Waals surface area contributed by atoms with Crippen molar-refractivity contribution in [1.82, 2.24) is 9.97 Å². The van der Waals surface area contributed by atoms with E-state index >= 15 is 0 Å². The minimum absolute atomic E-state index is 0.700. The number of anilines is 2. The van der Waals surface area contributed by atoms with Crippen LogP contribution in [0.4, 0.5) is 11.5 Å². The zero-order chi connectivity index (χ0) is 13.0. The fourth-order valence-electron chi connectivity index (χ4n) is 1.56. The van der Waals surface area contributed by atoms with Gasteiger partial charge in [-0.15, -0.1) is 0 Å². The van der Waals surface area contributed by atoms with Crippen LogP contribution in [0.2, 0.25) is 0 Å². The van der Waals surface area contributed by atoms with Gasteiger partial charge in [0.05, 0.1) is 19.9 Å². The van der Waals surface area contributed by atoms with Crippen molar-refractivity contribution in [2.24, 2.45) is 0 Å². The molecule has 0 radical (unpaired) electrons. The summed E-state index contributed by atoms with van der Waals surface area (Å²) in [4.78, 5) is 8.19. The largest absolute Gasteiger partial charge is 0.497 e. The first-order valence-electron chi connectivity index (χ1n) is 5.50. The Bertz CT molecular complexity index is 544. The highest BCUT2D eigenvalue weighted by Gasteiger charge is 2.06. The summed E-state index contributed by atoms with van der Waals surface area (Å²) in [6.45, 7) is 1.91. The van der Waals surface area contributed by atoms with Gasteiger partial charge < -0.3 is 14.8 Å². The Morgan fingerprint density at radius 2 is 1.89 bits per heavy atom. The lowest BCUT2D eigenvalue weighted by molar-refractivity contribution is 0.395. The molecule has 0 saturated heterocycles. The van der Waals surface area contributed by atoms with Crippen LogP contribution in [0, 0.1) is 6.92 Å². The molecule has 0 aliphatic heterocycles. The molecular formula is C13H15N3O2. The summed E-state index contributed by atoms with van der Waals surface area (Å²) in [5.41, 5.74) is 1.73. The van der Waals surface area contributed by atoms with Crippen LogP contribution in [0.25, 0.3) is 0 Å². The van der Waals surface area contributed by atoms with Gasteiger partial charge in [0.1, 0.15) is 23.6 Å². The second kappa shape index (κ2) is 5.35. The van der Waals surface area contributed by atoms with Gasteiger partial charge in [0.2, 0.25) is 0 Å². The van der Waals surface area contributed by atoms with Gasteiger partial charge in [0.25, 0.3) is 0 Å². The highest BCUT2D eigenvalue weighted by Crippen LogP contribution is 2.30. The molecule has 18 heavy (non-hydrogen) atoms. The third kappa shape index (κ3) is 2.68. The smallest absolute Gasteiger partial charge is 0.146 e. The molecule has 0 amide bonds. The van der Waals surface area contributed by atoms with Crippen LogP contribution in [0.3, 0.4) is 0 Å². The summed E-state index contributed by atoms with van der Waals surface area (Å²) in [5, 5.41) is 3.18. The Morgan fingerprint density at radius 1 is 1.06 bits per heavy atom. The molecule has 1 N–H and O–H groups in total. The van der Waals surface area contributed by atoms with E-state index < -0.39 is 0 Å². The van der Waals surface area contributed by atoms with Gasteiger partial charge in [-0.05, 0) is 19.1 Å². The quantitative estimate of drug-likeness (QED) is 0.897. The number of hydrogen-bond donors (Lipinski definition) is 1. The Kier molecular flexibility index (Phi) is 3.62. The minimum atomic E-state index is 0.700. The molecule has 2 aromatic rings. The lowest BCUT2D eigenvalue weighted by Crippen LogP contribution is -1.98. The number of aromatic nitrogens is 2. The number of rotatable bonds is 4. The lowest BCUT2D eigenvalue weighted by Gasteiger charge is -2.11. The lowest BCUT2D eigenvalue weighted by atomic mass is 10.2. The maximum atomic E-state index is 5.30. The van der Waals surface area contributed by atoms with E-state index in [0.717, 1.165) is 22.9 Å². The van der Waals surface area contributed by atoms with Crippen molar-refractivity contribution in [2.75, 3.05) is 19.5 Å². The van der Waals surface area contributed by atoms with E-state index in [1.54, 1.807) is 14.2 Å². The molecule has 94 valence electrons. The second-order valence-electron chi connectivity index (χ2n) is 3.74. The highest BCUT2D eigenvalue weighted by atomic mass is 16.5. The summed E-state index contributed by atoms with van der Waals surface area (Å²) in [6, 6.07) is 7.42. The van der Waals surface area contributed by atoms with E-state index in [4.69, 9.17) is 9.47 Å². The maximum absolute atomic E-state index is 5.30. The van der Waals surface area contributed by atoms with E-state index in [9.17, 15) is 0 Å². The molecule has 0 unspecified atom stereocenters. The Morgan fingerprint density at radius 3 is 2.56 bits per heavy atom. The van der Waals surface area contributed by atoms with Gasteiger partial charge >= 0.3 is 0 Å². The van der Waals surface area contributed by atoms with Crippen LogP contribution < -0.4 is 14.8 Å². The summed E-state index contributed by atoms with van der Waals surface area (Å²) in [6.07, 6.45) is 1.52. The summed E-state index contributed by atoms with van der Waals surface area (Å²) < 4.78 is 10.5. The Labute approximate surface area is 106 Å². The van der Waals surface area contributed by atoms with Crippen molar-refractivity contribution in [3.05, 3.63) is 36.3 Å². The number of nitrogens with zero attached hydrogens (tertiary/aromatic N) is 2. The van der Waals surface area contributed by atoms with Gasteiger partial charge in [0, 0.05) is 17.8 Å². The van der Waals surface area contributed by atoms with E-state index in [-0.39, 0.29) is 0 Å². The Balaban J connectivity index is 2.28. The van der Waals surface area contributed by atoms with Crippen molar-refractivity contribution in [3.8, 4) is 11.5 Å². The molecule has 0 aliphatic carbocycles. The van der Waals surface area contributed by atoms with Crippen molar-refractivity contribution in [2.45, 2.75) is 6.92 Å². The van der Waals surface area contributed by atoms with Gasteiger partial charge in [-0.2, -0.15) is 0 Å². The first kappa shape index (κ1) is 12.2. The summed E-state index contributed by atoms with van der Waals surface area (Å²) in [7, 11) is 3.24. The van der Waals surface area contributed by atoms with Crippen LogP contribution in [-0.2, 0) is 0 Å². The first-order valence-corrected chi connectivity index (χ1v) is 5.50. The number of nitrogens with one attached hydrogen (secondary N) is 1. The Hall–Kier alpha value is -2.30. The number of ether oxygens (including phenoxy) is 2. The fraction of sp³-hybridized carbons (Fsp3) is 0.231. The van der Waals surface area contributed by atoms with Crippen molar-refractivity contribution >= 4 is 11.5 Å². The number of hydrogen-bond acceptors (Lipinski definition) is 5. The van der Waals surface area contributed by atoms with Crippen LogP contribution in [0.15, 0.2) is 30.6 Å². The first-order chi connectivity index (χ1) is 8.72. The minimum Gasteiger partial charge on any atom is -0.497 e. The van der Waals surface area contributed by atoms with Crippen LogP contribution in [-0.4, -0.2) is 24.2 Å². The zero-order valence-corrected chi connectivity index (χ0v) is 10.6. The molecule has 0 fully saturated rings. The fourth-order valence-corrected chi connectivity index (χ4v) is 1.56. The highest BCUT2D eigenvalue weighted by molar-refractivity contribution is 5.65. The molecule has 1 heterocycles. The monoisotopic (exact) mass is 245 g/mol. The summed E-state index contributed by atoms with van der Waals surface area (Å²) >= 11 is 0. The third-order valence-corrected chi connectivity index (χ3v) is 2.48. The molecule has 5 nitrogen and oxygen atoms in total. The summed E-state index contributed by atoms with van der Waals surface area (Å²) in [5.74, 6) is 2.17. The molecule has 0 atom stereocenters. The van der Waals surface area contributed by atoms with E-state index in [2.05, 4.69) is 15.3 Å². The SMILES string of the molecule is COc1ccc(Nc2cc(C)ncn2)c(OC)c1. The van der Waals surface area contributed by atoms with Gasteiger partial charge in [0.15, 0.2) is 0 Å². The zero-order valence-electron chi connectivity index (χ0n) is 10.6. The number of aryl methyl sites for hydroxylation is 1. The molecule has 5 heteroatoms. The van der Waals surface area contributed by atoms with E-state index in [0.29, 0.717) is 5.75 Å². The average molecular weight is 245 g/mol. The molecule has 0 saturated carbocycles. The normalized spacial score (nSPS) is 9.94.